The Morgan fingerprint density at radius 1 is 1.64 bits per heavy atom. The molecular weight excluding hydrogens is 242 g/mol. The first-order chi connectivity index (χ1) is 6.74. The third-order valence-electron chi connectivity index (χ3n) is 1.82. The van der Waals surface area contributed by atoms with E-state index in [1.165, 1.54) is 0 Å². The Labute approximate surface area is 92.3 Å². The number of anilines is 1. The monoisotopic (exact) mass is 253 g/mol. The maximum absolute atomic E-state index is 8.34. The fourth-order valence-electron chi connectivity index (χ4n) is 1.02. The SMILES string of the molecule is Cc1cc(NCCCC#N)ncc1Br. The molecule has 0 saturated heterocycles. The van der Waals surface area contributed by atoms with Crippen molar-refractivity contribution in [2.45, 2.75) is 19.8 Å². The van der Waals surface area contributed by atoms with E-state index in [0.717, 1.165) is 28.8 Å². The largest absolute Gasteiger partial charge is 0.370 e. The van der Waals surface area contributed by atoms with Crippen LogP contribution in [-0.4, -0.2) is 11.5 Å². The van der Waals surface area contributed by atoms with Crippen LogP contribution < -0.4 is 5.32 Å². The molecule has 74 valence electrons. The molecule has 0 fully saturated rings. The minimum atomic E-state index is 0.586. The number of aryl methyl sites for hydroxylation is 1. The van der Waals surface area contributed by atoms with Crippen molar-refractivity contribution in [1.82, 2.24) is 4.98 Å². The van der Waals surface area contributed by atoms with E-state index in [9.17, 15) is 0 Å². The van der Waals surface area contributed by atoms with Crippen LogP contribution in [0.3, 0.4) is 0 Å². The molecule has 0 radical (unpaired) electrons. The standard InChI is InChI=1S/C10H12BrN3/c1-8-6-10(14-7-9(8)11)13-5-3-2-4-12/h6-7H,2-3,5H2,1H3,(H,13,14). The highest BCUT2D eigenvalue weighted by atomic mass is 79.9. The van der Waals surface area contributed by atoms with Crippen molar-refractivity contribution in [3.8, 4) is 6.07 Å². The molecule has 0 aliphatic rings. The number of halogens is 1. The van der Waals surface area contributed by atoms with E-state index in [1.54, 1.807) is 6.20 Å². The van der Waals surface area contributed by atoms with E-state index in [-0.39, 0.29) is 0 Å². The molecule has 0 aliphatic heterocycles. The number of nitriles is 1. The quantitative estimate of drug-likeness (QED) is 0.840. The normalized spacial score (nSPS) is 9.50. The molecule has 1 N–H and O–H groups in total. The number of hydrogen-bond acceptors (Lipinski definition) is 3. The van der Waals surface area contributed by atoms with Gasteiger partial charge in [-0.2, -0.15) is 5.26 Å². The maximum atomic E-state index is 8.34. The Balaban J connectivity index is 2.44. The van der Waals surface area contributed by atoms with E-state index >= 15 is 0 Å². The topological polar surface area (TPSA) is 48.7 Å². The van der Waals surface area contributed by atoms with Gasteiger partial charge in [-0.1, -0.05) is 0 Å². The van der Waals surface area contributed by atoms with Crippen molar-refractivity contribution < 1.29 is 0 Å². The van der Waals surface area contributed by atoms with Gasteiger partial charge in [-0.25, -0.2) is 4.98 Å². The second-order valence-electron chi connectivity index (χ2n) is 3.01. The van der Waals surface area contributed by atoms with Crippen molar-refractivity contribution in [3.63, 3.8) is 0 Å². The Morgan fingerprint density at radius 3 is 3.07 bits per heavy atom. The Hall–Kier alpha value is -1.08. The number of hydrogen-bond donors (Lipinski definition) is 1. The number of nitrogens with zero attached hydrogens (tertiary/aromatic N) is 2. The smallest absolute Gasteiger partial charge is 0.126 e. The molecule has 0 saturated carbocycles. The number of unbranched alkanes of at least 4 members (excludes halogenated alkanes) is 1. The van der Waals surface area contributed by atoms with Crippen LogP contribution in [0.5, 0.6) is 0 Å². The highest BCUT2D eigenvalue weighted by Gasteiger charge is 1.97. The lowest BCUT2D eigenvalue weighted by Crippen LogP contribution is -2.03. The molecule has 0 aliphatic carbocycles. The summed E-state index contributed by atoms with van der Waals surface area (Å²) in [6, 6.07) is 4.09. The summed E-state index contributed by atoms with van der Waals surface area (Å²) < 4.78 is 1.01. The molecule has 3 nitrogen and oxygen atoms in total. The highest BCUT2D eigenvalue weighted by Crippen LogP contribution is 2.16. The van der Waals surface area contributed by atoms with Gasteiger partial charge in [0.2, 0.25) is 0 Å². The van der Waals surface area contributed by atoms with Crippen molar-refractivity contribution in [3.05, 3.63) is 22.3 Å². The first kappa shape index (κ1) is 11.0. The zero-order valence-corrected chi connectivity index (χ0v) is 9.63. The van der Waals surface area contributed by atoms with Gasteiger partial charge < -0.3 is 5.32 Å². The molecule has 0 bridgehead atoms. The molecule has 0 amide bonds. The number of rotatable bonds is 4. The summed E-state index contributed by atoms with van der Waals surface area (Å²) >= 11 is 3.39. The zero-order valence-electron chi connectivity index (χ0n) is 8.05. The molecule has 0 aromatic carbocycles. The van der Waals surface area contributed by atoms with E-state index in [1.807, 2.05) is 13.0 Å². The highest BCUT2D eigenvalue weighted by molar-refractivity contribution is 9.10. The summed E-state index contributed by atoms with van der Waals surface area (Å²) in [5.41, 5.74) is 1.16. The van der Waals surface area contributed by atoms with Crippen LogP contribution in [0.2, 0.25) is 0 Å². The minimum Gasteiger partial charge on any atom is -0.370 e. The van der Waals surface area contributed by atoms with E-state index in [4.69, 9.17) is 5.26 Å². The Bertz CT molecular complexity index is 344. The van der Waals surface area contributed by atoms with E-state index in [0.29, 0.717) is 6.42 Å². The fourth-order valence-corrected chi connectivity index (χ4v) is 1.24. The van der Waals surface area contributed by atoms with Crippen molar-refractivity contribution in [2.75, 3.05) is 11.9 Å². The molecule has 0 unspecified atom stereocenters. The van der Waals surface area contributed by atoms with Crippen molar-refractivity contribution in [2.24, 2.45) is 0 Å². The number of pyridine rings is 1. The third-order valence-corrected chi connectivity index (χ3v) is 2.65. The second kappa shape index (κ2) is 5.61. The lowest BCUT2D eigenvalue weighted by molar-refractivity contribution is 0.891. The first-order valence-corrected chi connectivity index (χ1v) is 5.26. The van der Waals surface area contributed by atoms with Gasteiger partial charge in [-0.05, 0) is 40.9 Å². The molecule has 14 heavy (non-hydrogen) atoms. The molecule has 1 aromatic rings. The minimum absolute atomic E-state index is 0.586. The number of aromatic nitrogens is 1. The third kappa shape index (κ3) is 3.35. The maximum Gasteiger partial charge on any atom is 0.126 e. The van der Waals surface area contributed by atoms with Crippen LogP contribution in [0.15, 0.2) is 16.7 Å². The zero-order chi connectivity index (χ0) is 10.4. The second-order valence-corrected chi connectivity index (χ2v) is 3.86. The molecule has 1 heterocycles. The van der Waals surface area contributed by atoms with Crippen LogP contribution >= 0.6 is 15.9 Å². The lowest BCUT2D eigenvalue weighted by atomic mass is 10.3. The summed E-state index contributed by atoms with van der Waals surface area (Å²) in [7, 11) is 0. The van der Waals surface area contributed by atoms with Gasteiger partial charge in [0.05, 0.1) is 6.07 Å². The summed E-state index contributed by atoms with van der Waals surface area (Å²) in [6.07, 6.45) is 3.22. The van der Waals surface area contributed by atoms with Gasteiger partial charge in [0.15, 0.2) is 0 Å². The van der Waals surface area contributed by atoms with E-state index < -0.39 is 0 Å². The molecule has 0 atom stereocenters. The van der Waals surface area contributed by atoms with Crippen LogP contribution in [0.1, 0.15) is 18.4 Å². The van der Waals surface area contributed by atoms with Gasteiger partial charge in [0.1, 0.15) is 5.82 Å². The van der Waals surface area contributed by atoms with E-state index in [2.05, 4.69) is 32.3 Å². The van der Waals surface area contributed by atoms with Crippen LogP contribution in [-0.2, 0) is 0 Å². The van der Waals surface area contributed by atoms with Crippen LogP contribution in [0.25, 0.3) is 0 Å². The summed E-state index contributed by atoms with van der Waals surface area (Å²) in [5.74, 6) is 0.864. The van der Waals surface area contributed by atoms with Gasteiger partial charge in [0.25, 0.3) is 0 Å². The molecular formula is C10H12BrN3. The van der Waals surface area contributed by atoms with Crippen molar-refractivity contribution >= 4 is 21.7 Å². The molecule has 4 heteroatoms. The average molecular weight is 254 g/mol. The summed E-state index contributed by atoms with van der Waals surface area (Å²) in [5, 5.41) is 11.5. The van der Waals surface area contributed by atoms with Gasteiger partial charge >= 0.3 is 0 Å². The van der Waals surface area contributed by atoms with Crippen LogP contribution in [0.4, 0.5) is 5.82 Å². The summed E-state index contributed by atoms with van der Waals surface area (Å²) in [6.45, 7) is 2.81. The van der Waals surface area contributed by atoms with Gasteiger partial charge in [-0.15, -0.1) is 0 Å². The molecule has 0 spiro atoms. The van der Waals surface area contributed by atoms with Gasteiger partial charge in [0, 0.05) is 23.6 Å². The van der Waals surface area contributed by atoms with Crippen molar-refractivity contribution in [1.29, 1.82) is 5.26 Å². The molecule has 1 rings (SSSR count). The predicted octanol–water partition coefficient (Wildman–Crippen LogP) is 2.87. The lowest BCUT2D eigenvalue weighted by Gasteiger charge is -2.05. The Morgan fingerprint density at radius 2 is 2.43 bits per heavy atom. The molecule has 1 aromatic heterocycles. The first-order valence-electron chi connectivity index (χ1n) is 4.47. The summed E-state index contributed by atoms with van der Waals surface area (Å²) in [4.78, 5) is 4.20. The van der Waals surface area contributed by atoms with Gasteiger partial charge in [-0.3, -0.25) is 0 Å². The predicted molar refractivity (Wildman–Crippen MR) is 60.0 cm³/mol. The number of nitrogens with one attached hydrogen (secondary N) is 1. The average Bonchev–Trinajstić information content (AvgIpc) is 2.18. The van der Waals surface area contributed by atoms with Crippen LogP contribution in [0, 0.1) is 18.3 Å². The fraction of sp³-hybridized carbons (Fsp3) is 0.400. The Kier molecular flexibility index (Phi) is 4.41.